The second-order valence-corrected chi connectivity index (χ2v) is 35.6. The SMILES string of the molecule is CC(C)Oc1cc(F)ccc1Nc1ncnc2ccsc12.CCC(C)Oc1cc(C(N)=O)ccc1Nc1ncnc2ccsc12.Cc1csc2c(Nc3ccc4[nH]ncc4c3)ncnc12.Fc1ccc(Nc2ncnc3ccsc23)c(OCCC(F)(F)F)c1.NC(=O)c1ccc(Nc2ncnc3ccsc23)c(C2CCCC2)c1.O=C(O)c1ccc(Nc2ncnc3ccsc23)cc1Cl. The van der Waals surface area contributed by atoms with Gasteiger partial charge in [-0.15, -0.1) is 68.0 Å². The summed E-state index contributed by atoms with van der Waals surface area (Å²) in [5, 5.41) is 48.4. The van der Waals surface area contributed by atoms with Crippen molar-refractivity contribution in [2.75, 3.05) is 38.5 Å². The van der Waals surface area contributed by atoms with Crippen molar-refractivity contribution < 1.29 is 55.7 Å². The number of halogens is 6. The van der Waals surface area contributed by atoms with E-state index in [9.17, 15) is 36.3 Å². The Morgan fingerprint density at radius 3 is 1.41 bits per heavy atom. The van der Waals surface area contributed by atoms with Crippen LogP contribution < -0.4 is 57.6 Å². The molecular formula is C92H80ClF5N22O7S6. The first-order valence-electron chi connectivity index (χ1n) is 41.0. The fourth-order valence-corrected chi connectivity index (χ4v) is 18.7. The maximum atomic E-state index is 13.4. The molecule has 29 nitrogen and oxygen atoms in total. The lowest BCUT2D eigenvalue weighted by molar-refractivity contribution is -0.139. The zero-order valence-corrected chi connectivity index (χ0v) is 76.7. The van der Waals surface area contributed by atoms with Gasteiger partial charge in [-0.2, -0.15) is 18.3 Å². The Morgan fingerprint density at radius 1 is 0.504 bits per heavy atom. The van der Waals surface area contributed by atoms with Gasteiger partial charge in [-0.25, -0.2) is 73.4 Å². The molecule has 0 radical (unpaired) electrons. The molecule has 1 aliphatic rings. The number of carboxylic acid groups (broad SMARTS) is 1. The number of rotatable bonds is 24. The van der Waals surface area contributed by atoms with Crippen molar-refractivity contribution in [1.29, 1.82) is 0 Å². The van der Waals surface area contributed by atoms with E-state index in [0.29, 0.717) is 68.9 Å². The Kier molecular flexibility index (Phi) is 30.2. The molecule has 19 aromatic rings. The molecule has 0 bridgehead atoms. The number of fused-ring (bicyclic) bond motifs is 7. The number of nitrogens with two attached hydrogens (primary N) is 2. The largest absolute Gasteiger partial charge is 0.491 e. The average molecular weight is 1930 g/mol. The van der Waals surface area contributed by atoms with E-state index in [1.54, 1.807) is 100 Å². The lowest BCUT2D eigenvalue weighted by Gasteiger charge is -2.17. The lowest BCUT2D eigenvalue weighted by atomic mass is 9.94. The predicted molar refractivity (Wildman–Crippen MR) is 520 cm³/mol. The third kappa shape index (κ3) is 23.9. The monoisotopic (exact) mass is 1930 g/mol. The van der Waals surface area contributed by atoms with E-state index in [0.717, 1.165) is 132 Å². The minimum Gasteiger partial charge on any atom is -0.491 e. The maximum Gasteiger partial charge on any atom is 0.392 e. The summed E-state index contributed by atoms with van der Waals surface area (Å²) in [4.78, 5) is 84.8. The molecule has 0 spiro atoms. The van der Waals surface area contributed by atoms with Crippen molar-refractivity contribution in [3.05, 3.63) is 260 Å². The standard InChI is InChI=1S/C18H18N4OS.C17H18N4O2S.C15H11F4N3OS.C15H14FN3OS.C14H11N5S.C13H8ClN3O2S/c19-17(23)12-5-6-14(13(9-12)11-3-1-2-4-11)22-18-16-15(7-8-24-16)20-10-21-18;1-3-10(2)23-14-8-11(16(18)22)4-5-12(14)21-17-15-13(6-7-24-15)19-9-20-17;16-9-1-2-10(12(7-9)23-5-4-15(17,18)19)22-14-13-11(3-6-24-13)20-8-21-14;1-9(2)20-13-7-10(16)3-4-11(13)19-15-14-12(5-6-21-14)17-8-18-15;1-8-6-20-13-12(8)15-7-16-14(13)18-10-2-3-11-9(4-10)5-17-19-11;14-9-5-7(1-2-8(9)13(18)19)17-12-11-10(3-4-20-11)15-6-16-12/h5-11H,1-4H2,(H2,19,23)(H,20,21,22);4-10H,3H2,1-2H3,(H2,18,22)(H,19,20,21);1-3,6-8H,4-5H2,(H,20,21,22);3-9H,1-2H3,(H,17,18,19);2-7H,1H3,(H,17,19)(H,15,16,18);1-6H,(H,18,19)(H,15,16,17). The number of primary amides is 2. The molecule has 2 amide bonds. The first-order valence-corrected chi connectivity index (χ1v) is 46.6. The van der Waals surface area contributed by atoms with Crippen LogP contribution in [0.2, 0.25) is 5.02 Å². The highest BCUT2D eigenvalue weighted by Crippen LogP contribution is 2.43. The van der Waals surface area contributed by atoms with Crippen LogP contribution in [0, 0.1) is 18.6 Å². The van der Waals surface area contributed by atoms with Gasteiger partial charge in [-0.05, 0) is 224 Å². The first kappa shape index (κ1) is 93.3. The van der Waals surface area contributed by atoms with Crippen LogP contribution in [-0.4, -0.2) is 118 Å². The molecule has 41 heteroatoms. The van der Waals surface area contributed by atoms with Crippen LogP contribution in [0.15, 0.2) is 216 Å². The molecule has 6 aromatic carbocycles. The number of carbonyl (C=O) groups excluding carboxylic acids is 2. The van der Waals surface area contributed by atoms with E-state index in [2.05, 4.69) is 114 Å². The number of ether oxygens (including phenoxy) is 3. The van der Waals surface area contributed by atoms with Crippen LogP contribution in [0.4, 0.5) is 91.0 Å². The smallest absolute Gasteiger partial charge is 0.392 e. The average Bonchev–Trinajstić information content (AvgIpc) is 1.69. The summed E-state index contributed by atoms with van der Waals surface area (Å²) in [6, 6.07) is 39.1. The highest BCUT2D eigenvalue weighted by molar-refractivity contribution is 7.19. The summed E-state index contributed by atoms with van der Waals surface area (Å²) < 4.78 is 86.0. The molecule has 0 aliphatic heterocycles. The minimum absolute atomic E-state index is 0.0115. The van der Waals surface area contributed by atoms with E-state index in [1.807, 2.05) is 121 Å². The quantitative estimate of drug-likeness (QED) is 0.0251. The van der Waals surface area contributed by atoms with E-state index in [4.69, 9.17) is 42.4 Å². The molecule has 0 saturated heterocycles. The van der Waals surface area contributed by atoms with Gasteiger partial charge in [0.05, 0.1) is 126 Å². The van der Waals surface area contributed by atoms with Gasteiger partial charge < -0.3 is 62.7 Å². The fraction of sp³-hybridized carbons (Fsp3) is 0.174. The number of carboxylic acids is 1. The number of alkyl halides is 3. The zero-order valence-electron chi connectivity index (χ0n) is 71.0. The van der Waals surface area contributed by atoms with Gasteiger partial charge in [0.15, 0.2) is 34.9 Å². The summed E-state index contributed by atoms with van der Waals surface area (Å²) in [6.45, 7) is 9.28. The number of thiophene rings is 6. The Balaban J connectivity index is 0.000000122. The molecule has 133 heavy (non-hydrogen) atoms. The second kappa shape index (κ2) is 43.1. The molecule has 13 heterocycles. The zero-order chi connectivity index (χ0) is 93.2. The van der Waals surface area contributed by atoms with Crippen LogP contribution in [0.5, 0.6) is 17.2 Å². The first-order chi connectivity index (χ1) is 64.3. The second-order valence-electron chi connectivity index (χ2n) is 29.7. The Hall–Kier alpha value is -14.4. The minimum atomic E-state index is -4.34. The summed E-state index contributed by atoms with van der Waals surface area (Å²) >= 11 is 15.3. The van der Waals surface area contributed by atoms with Crippen molar-refractivity contribution in [2.45, 2.75) is 97.4 Å². The molecule has 1 aliphatic carbocycles. The van der Waals surface area contributed by atoms with Gasteiger partial charge in [0.25, 0.3) is 0 Å². The van der Waals surface area contributed by atoms with Gasteiger partial charge >= 0.3 is 12.1 Å². The van der Waals surface area contributed by atoms with Crippen LogP contribution in [0.1, 0.15) is 114 Å². The number of nitrogens with zero attached hydrogens (tertiary/aromatic N) is 13. The van der Waals surface area contributed by atoms with Crippen molar-refractivity contribution in [3.8, 4) is 17.2 Å². The van der Waals surface area contributed by atoms with Gasteiger partial charge in [0.1, 0.15) is 66.8 Å². The van der Waals surface area contributed by atoms with Gasteiger partial charge in [-0.3, -0.25) is 14.7 Å². The number of anilines is 12. The Morgan fingerprint density at radius 2 is 0.932 bits per heavy atom. The molecule has 1 atom stereocenters. The number of benzene rings is 6. The van der Waals surface area contributed by atoms with Gasteiger partial charge in [0.2, 0.25) is 11.8 Å². The lowest BCUT2D eigenvalue weighted by Crippen LogP contribution is -2.14. The van der Waals surface area contributed by atoms with Crippen molar-refractivity contribution in [2.24, 2.45) is 11.5 Å². The topological polar surface area (TPSA) is 407 Å². The third-order valence-electron chi connectivity index (χ3n) is 20.1. The number of aromatic nitrogens is 14. The number of amides is 2. The van der Waals surface area contributed by atoms with Crippen molar-refractivity contribution >= 4 is 239 Å². The molecule has 1 fully saturated rings. The molecular weight excluding hydrogens is 1850 g/mol. The number of H-pyrrole nitrogens is 1. The van der Waals surface area contributed by atoms with E-state index in [-0.39, 0.29) is 40.3 Å². The maximum absolute atomic E-state index is 13.4. The number of aryl methyl sites for hydroxylation is 1. The Labute approximate surface area is 783 Å². The summed E-state index contributed by atoms with van der Waals surface area (Å²) in [5.41, 5.74) is 25.0. The van der Waals surface area contributed by atoms with Crippen LogP contribution in [-0.2, 0) is 0 Å². The third-order valence-corrected chi connectivity index (χ3v) is 26.1. The number of nitrogens with one attached hydrogen (secondary N) is 7. The summed E-state index contributed by atoms with van der Waals surface area (Å²) in [6.07, 6.45) is 11.0. The Bertz CT molecular complexity index is 7340. The molecule has 678 valence electrons. The van der Waals surface area contributed by atoms with Gasteiger partial charge in [0, 0.05) is 45.7 Å². The number of carbonyl (C=O) groups is 3. The number of aromatic carboxylic acids is 1. The fourth-order valence-electron chi connectivity index (χ4n) is 13.5. The molecule has 20 rings (SSSR count). The molecule has 1 saturated carbocycles. The molecule has 12 N–H and O–H groups in total. The number of hydrogen-bond acceptors (Lipinski definition) is 31. The van der Waals surface area contributed by atoms with Crippen molar-refractivity contribution in [3.63, 3.8) is 0 Å². The number of hydrogen-bond donors (Lipinski definition) is 10. The normalized spacial score (nSPS) is 12.0. The van der Waals surface area contributed by atoms with E-state index < -0.39 is 36.9 Å². The highest BCUT2D eigenvalue weighted by atomic mass is 35.5. The van der Waals surface area contributed by atoms with Crippen LogP contribution in [0.3, 0.4) is 0 Å². The van der Waals surface area contributed by atoms with E-state index >= 15 is 0 Å². The summed E-state index contributed by atoms with van der Waals surface area (Å²) in [5.74, 6) is 2.82. The highest BCUT2D eigenvalue weighted by Gasteiger charge is 2.28. The van der Waals surface area contributed by atoms with Crippen molar-refractivity contribution in [1.82, 2.24) is 70.0 Å². The predicted octanol–water partition coefficient (Wildman–Crippen LogP) is 24.6. The molecule has 1 unspecified atom stereocenters. The number of aromatic amines is 1. The van der Waals surface area contributed by atoms with E-state index in [1.165, 1.54) is 96.7 Å². The van der Waals surface area contributed by atoms with Crippen LogP contribution >= 0.6 is 79.6 Å². The molecule has 13 aromatic heterocycles. The summed E-state index contributed by atoms with van der Waals surface area (Å²) in [7, 11) is 0. The van der Waals surface area contributed by atoms with Crippen LogP contribution in [0.25, 0.3) is 72.2 Å². The van der Waals surface area contributed by atoms with Gasteiger partial charge in [-0.1, -0.05) is 31.4 Å².